The number of methoxy groups -OCH3 is 1. The third kappa shape index (κ3) is 3.76. The highest BCUT2D eigenvalue weighted by Crippen LogP contribution is 2.31. The van der Waals surface area contributed by atoms with Crippen LogP contribution < -0.4 is 10.1 Å². The van der Waals surface area contributed by atoms with E-state index >= 15 is 0 Å². The Morgan fingerprint density at radius 1 is 1.43 bits per heavy atom. The van der Waals surface area contributed by atoms with Crippen molar-refractivity contribution in [1.29, 1.82) is 0 Å². The number of carbonyl (C=O) groups is 1. The van der Waals surface area contributed by atoms with E-state index in [1.54, 1.807) is 36.6 Å². The maximum atomic E-state index is 11.4. The van der Waals surface area contributed by atoms with Gasteiger partial charge in [-0.15, -0.1) is 11.3 Å². The highest BCUT2D eigenvalue weighted by Gasteiger charge is 2.17. The number of nitrogens with one attached hydrogen (secondary N) is 1. The van der Waals surface area contributed by atoms with Crippen LogP contribution in [0.4, 0.5) is 5.69 Å². The molecular formula is C16H19NO3S. The maximum absolute atomic E-state index is 11.4. The number of thiophene rings is 1. The molecule has 0 aliphatic carbocycles. The first kappa shape index (κ1) is 15.4. The van der Waals surface area contributed by atoms with Crippen molar-refractivity contribution in [3.8, 4) is 5.75 Å². The SMILES string of the molecule is CCCC(Nc1cc(OC)ccc1C(=O)O)c1cccs1. The first-order valence-corrected chi connectivity index (χ1v) is 7.75. The van der Waals surface area contributed by atoms with Gasteiger partial charge in [0.05, 0.1) is 24.4 Å². The highest BCUT2D eigenvalue weighted by atomic mass is 32.1. The number of aromatic carboxylic acids is 1. The zero-order valence-electron chi connectivity index (χ0n) is 12.1. The molecule has 21 heavy (non-hydrogen) atoms. The van der Waals surface area contributed by atoms with Crippen molar-refractivity contribution < 1.29 is 14.6 Å². The summed E-state index contributed by atoms with van der Waals surface area (Å²) in [6.45, 7) is 2.12. The number of benzene rings is 1. The average molecular weight is 305 g/mol. The van der Waals surface area contributed by atoms with E-state index in [4.69, 9.17) is 4.74 Å². The molecule has 1 heterocycles. The number of ether oxygens (including phenoxy) is 1. The zero-order chi connectivity index (χ0) is 15.2. The van der Waals surface area contributed by atoms with Crippen molar-refractivity contribution in [2.75, 3.05) is 12.4 Å². The topological polar surface area (TPSA) is 58.6 Å². The van der Waals surface area contributed by atoms with Crippen LogP contribution in [0.25, 0.3) is 0 Å². The van der Waals surface area contributed by atoms with Crippen molar-refractivity contribution in [2.24, 2.45) is 0 Å². The first-order valence-electron chi connectivity index (χ1n) is 6.87. The van der Waals surface area contributed by atoms with Crippen LogP contribution in [0.15, 0.2) is 35.7 Å². The highest BCUT2D eigenvalue weighted by molar-refractivity contribution is 7.10. The predicted octanol–water partition coefficient (Wildman–Crippen LogP) is 4.41. The van der Waals surface area contributed by atoms with Crippen LogP contribution in [0.2, 0.25) is 0 Å². The van der Waals surface area contributed by atoms with Crippen LogP contribution in [-0.4, -0.2) is 18.2 Å². The van der Waals surface area contributed by atoms with Crippen LogP contribution in [-0.2, 0) is 0 Å². The van der Waals surface area contributed by atoms with Crippen LogP contribution in [0, 0.1) is 0 Å². The van der Waals surface area contributed by atoms with Gasteiger partial charge >= 0.3 is 5.97 Å². The molecule has 1 aromatic heterocycles. The first-order chi connectivity index (χ1) is 10.2. The maximum Gasteiger partial charge on any atom is 0.337 e. The van der Waals surface area contributed by atoms with E-state index in [2.05, 4.69) is 18.3 Å². The van der Waals surface area contributed by atoms with E-state index < -0.39 is 5.97 Å². The molecule has 0 bridgehead atoms. The number of carboxylic acid groups (broad SMARTS) is 1. The minimum atomic E-state index is -0.943. The van der Waals surface area contributed by atoms with Gasteiger partial charge in [-0.05, 0) is 30.0 Å². The Labute approximate surface area is 128 Å². The molecule has 0 saturated heterocycles. The second kappa shape index (κ2) is 7.13. The second-order valence-electron chi connectivity index (χ2n) is 4.72. The Kier molecular flexibility index (Phi) is 5.22. The normalized spacial score (nSPS) is 11.9. The van der Waals surface area contributed by atoms with Crippen molar-refractivity contribution in [2.45, 2.75) is 25.8 Å². The molecule has 0 aliphatic rings. The minimum absolute atomic E-state index is 0.111. The lowest BCUT2D eigenvalue weighted by atomic mass is 10.1. The third-order valence-corrected chi connectivity index (χ3v) is 4.24. The monoisotopic (exact) mass is 305 g/mol. The number of anilines is 1. The molecule has 112 valence electrons. The average Bonchev–Trinajstić information content (AvgIpc) is 3.00. The molecule has 0 radical (unpaired) electrons. The summed E-state index contributed by atoms with van der Waals surface area (Å²) in [5.41, 5.74) is 0.849. The molecule has 2 rings (SSSR count). The fourth-order valence-corrected chi connectivity index (χ4v) is 3.02. The van der Waals surface area contributed by atoms with E-state index in [0.29, 0.717) is 11.4 Å². The molecule has 0 amide bonds. The Hall–Kier alpha value is -2.01. The summed E-state index contributed by atoms with van der Waals surface area (Å²) in [6, 6.07) is 9.15. The van der Waals surface area contributed by atoms with E-state index in [-0.39, 0.29) is 11.6 Å². The smallest absolute Gasteiger partial charge is 0.337 e. The molecule has 0 aliphatic heterocycles. The summed E-state index contributed by atoms with van der Waals surface area (Å²) in [7, 11) is 1.57. The van der Waals surface area contributed by atoms with Crippen molar-refractivity contribution in [1.82, 2.24) is 0 Å². The Bertz CT molecular complexity index is 596. The molecule has 5 heteroatoms. The summed E-state index contributed by atoms with van der Waals surface area (Å²) in [4.78, 5) is 12.6. The van der Waals surface area contributed by atoms with Gasteiger partial charge in [0.25, 0.3) is 0 Å². The van der Waals surface area contributed by atoms with E-state index in [1.165, 1.54) is 4.88 Å². The second-order valence-corrected chi connectivity index (χ2v) is 5.70. The Morgan fingerprint density at radius 3 is 2.81 bits per heavy atom. The molecule has 1 atom stereocenters. The molecule has 1 unspecified atom stereocenters. The number of hydrogen-bond acceptors (Lipinski definition) is 4. The van der Waals surface area contributed by atoms with Crippen LogP contribution in [0.1, 0.15) is 41.0 Å². The fourth-order valence-electron chi connectivity index (χ4n) is 2.21. The molecule has 0 fully saturated rings. The van der Waals surface area contributed by atoms with Crippen LogP contribution in [0.5, 0.6) is 5.75 Å². The summed E-state index contributed by atoms with van der Waals surface area (Å²) in [5.74, 6) is -0.300. The van der Waals surface area contributed by atoms with Gasteiger partial charge in [0.1, 0.15) is 5.75 Å². The lowest BCUT2D eigenvalue weighted by Crippen LogP contribution is -2.12. The van der Waals surface area contributed by atoms with Gasteiger partial charge in [-0.25, -0.2) is 4.79 Å². The van der Waals surface area contributed by atoms with Crippen molar-refractivity contribution in [3.63, 3.8) is 0 Å². The predicted molar refractivity (Wildman–Crippen MR) is 85.5 cm³/mol. The summed E-state index contributed by atoms with van der Waals surface area (Å²) in [6.07, 6.45) is 1.96. The van der Waals surface area contributed by atoms with Gasteiger partial charge in [-0.2, -0.15) is 0 Å². The molecule has 1 aromatic carbocycles. The lowest BCUT2D eigenvalue weighted by molar-refractivity contribution is 0.0698. The number of rotatable bonds is 7. The molecule has 2 aromatic rings. The Balaban J connectivity index is 2.32. The molecular weight excluding hydrogens is 286 g/mol. The van der Waals surface area contributed by atoms with E-state index in [1.807, 2.05) is 11.4 Å². The summed E-state index contributed by atoms with van der Waals surface area (Å²) < 4.78 is 5.19. The zero-order valence-corrected chi connectivity index (χ0v) is 12.9. The van der Waals surface area contributed by atoms with Gasteiger partial charge in [0, 0.05) is 10.9 Å². The molecule has 0 spiro atoms. The van der Waals surface area contributed by atoms with Gasteiger partial charge < -0.3 is 15.2 Å². The third-order valence-electron chi connectivity index (χ3n) is 3.25. The van der Waals surface area contributed by atoms with Gasteiger partial charge in [0.2, 0.25) is 0 Å². The van der Waals surface area contributed by atoms with Gasteiger partial charge in [-0.3, -0.25) is 0 Å². The number of carboxylic acids is 1. The fraction of sp³-hybridized carbons (Fsp3) is 0.312. The van der Waals surface area contributed by atoms with Crippen molar-refractivity contribution in [3.05, 3.63) is 46.2 Å². The lowest BCUT2D eigenvalue weighted by Gasteiger charge is -2.20. The van der Waals surface area contributed by atoms with Crippen molar-refractivity contribution >= 4 is 23.0 Å². The standard InChI is InChI=1S/C16H19NO3S/c1-3-5-13(15-6-4-9-21-15)17-14-10-11(20-2)7-8-12(14)16(18)19/h4,6-10,13,17H,3,5H2,1-2H3,(H,18,19). The van der Waals surface area contributed by atoms with Gasteiger partial charge in [-0.1, -0.05) is 19.4 Å². The summed E-state index contributed by atoms with van der Waals surface area (Å²) in [5, 5.41) is 14.7. The minimum Gasteiger partial charge on any atom is -0.497 e. The number of hydrogen-bond donors (Lipinski definition) is 2. The summed E-state index contributed by atoms with van der Waals surface area (Å²) >= 11 is 1.67. The largest absolute Gasteiger partial charge is 0.497 e. The van der Waals surface area contributed by atoms with Crippen LogP contribution >= 0.6 is 11.3 Å². The molecule has 2 N–H and O–H groups in total. The van der Waals surface area contributed by atoms with E-state index in [9.17, 15) is 9.90 Å². The van der Waals surface area contributed by atoms with Crippen LogP contribution in [0.3, 0.4) is 0 Å². The van der Waals surface area contributed by atoms with E-state index in [0.717, 1.165) is 12.8 Å². The quantitative estimate of drug-likeness (QED) is 0.795. The molecule has 0 saturated carbocycles. The Morgan fingerprint density at radius 2 is 2.24 bits per heavy atom. The molecule has 4 nitrogen and oxygen atoms in total. The van der Waals surface area contributed by atoms with Gasteiger partial charge in [0.15, 0.2) is 0 Å².